The van der Waals surface area contributed by atoms with E-state index in [2.05, 4.69) is 4.72 Å². The van der Waals surface area contributed by atoms with Gasteiger partial charge in [0.25, 0.3) is 10.0 Å². The van der Waals surface area contributed by atoms with Crippen LogP contribution in [0.3, 0.4) is 0 Å². The maximum absolute atomic E-state index is 13.6. The number of sulfonamides is 1. The Bertz CT molecular complexity index is 726. The van der Waals surface area contributed by atoms with E-state index in [-0.39, 0.29) is 11.4 Å². The quantitative estimate of drug-likeness (QED) is 0.604. The van der Waals surface area contributed by atoms with Crippen LogP contribution >= 0.6 is 22.6 Å². The van der Waals surface area contributed by atoms with E-state index in [0.717, 1.165) is 15.7 Å². The molecular weight excluding hydrogens is 401 g/mol. The lowest BCUT2D eigenvalue weighted by Crippen LogP contribution is -2.16. The standard InChI is InChI=1S/C12H9F2IN2O2S/c13-10-5-8(16)6-11(14)12(10)20(18,19)17-9-3-1-7(15)2-4-9/h1-6,17H,16H2. The zero-order valence-electron chi connectivity index (χ0n) is 9.90. The summed E-state index contributed by atoms with van der Waals surface area (Å²) in [6.07, 6.45) is 0. The van der Waals surface area contributed by atoms with Crippen LogP contribution in [0.1, 0.15) is 0 Å². The molecule has 0 aliphatic carbocycles. The lowest BCUT2D eigenvalue weighted by Gasteiger charge is -2.10. The van der Waals surface area contributed by atoms with E-state index < -0.39 is 26.6 Å². The van der Waals surface area contributed by atoms with Crippen LogP contribution in [0.25, 0.3) is 0 Å². The van der Waals surface area contributed by atoms with Gasteiger partial charge in [-0.05, 0) is 59.0 Å². The van der Waals surface area contributed by atoms with Crippen molar-refractivity contribution in [2.75, 3.05) is 10.5 Å². The average Bonchev–Trinajstić information content (AvgIpc) is 2.30. The van der Waals surface area contributed by atoms with Gasteiger partial charge in [0, 0.05) is 14.9 Å². The van der Waals surface area contributed by atoms with Crippen molar-refractivity contribution >= 4 is 44.0 Å². The molecule has 3 N–H and O–H groups in total. The Hall–Kier alpha value is -1.42. The van der Waals surface area contributed by atoms with Gasteiger partial charge in [0.2, 0.25) is 0 Å². The van der Waals surface area contributed by atoms with E-state index in [1.165, 1.54) is 12.1 Å². The summed E-state index contributed by atoms with van der Waals surface area (Å²) in [7, 11) is -4.36. The van der Waals surface area contributed by atoms with E-state index in [9.17, 15) is 17.2 Å². The van der Waals surface area contributed by atoms with Gasteiger partial charge in [0.1, 0.15) is 11.6 Å². The van der Waals surface area contributed by atoms with E-state index >= 15 is 0 Å². The molecule has 0 heterocycles. The van der Waals surface area contributed by atoms with E-state index in [4.69, 9.17) is 5.73 Å². The van der Waals surface area contributed by atoms with Gasteiger partial charge in [-0.15, -0.1) is 0 Å². The van der Waals surface area contributed by atoms with Gasteiger partial charge >= 0.3 is 0 Å². The van der Waals surface area contributed by atoms with Gasteiger partial charge < -0.3 is 5.73 Å². The molecule has 0 bridgehead atoms. The SMILES string of the molecule is Nc1cc(F)c(S(=O)(=O)Nc2ccc(I)cc2)c(F)c1. The van der Waals surface area contributed by atoms with Gasteiger partial charge in [0.05, 0.1) is 0 Å². The highest BCUT2D eigenvalue weighted by Gasteiger charge is 2.24. The van der Waals surface area contributed by atoms with Crippen LogP contribution < -0.4 is 10.5 Å². The highest BCUT2D eigenvalue weighted by molar-refractivity contribution is 14.1. The lowest BCUT2D eigenvalue weighted by molar-refractivity contribution is 0.522. The second-order valence-electron chi connectivity index (χ2n) is 3.93. The normalized spacial score (nSPS) is 11.3. The first-order chi connectivity index (χ1) is 9.29. The molecule has 4 nitrogen and oxygen atoms in total. The fraction of sp³-hybridized carbons (Fsp3) is 0. The molecule has 0 radical (unpaired) electrons. The molecule has 0 unspecified atom stereocenters. The number of benzene rings is 2. The van der Waals surface area contributed by atoms with E-state index in [1.54, 1.807) is 12.1 Å². The molecule has 2 rings (SSSR count). The number of nitrogens with one attached hydrogen (secondary N) is 1. The van der Waals surface area contributed by atoms with Crippen molar-refractivity contribution in [2.45, 2.75) is 4.90 Å². The molecular formula is C12H9F2IN2O2S. The summed E-state index contributed by atoms with van der Waals surface area (Å²) < 4.78 is 54.3. The first-order valence-electron chi connectivity index (χ1n) is 5.32. The summed E-state index contributed by atoms with van der Waals surface area (Å²) in [4.78, 5) is -1.05. The Kier molecular flexibility index (Phi) is 4.14. The number of rotatable bonds is 3. The van der Waals surface area contributed by atoms with E-state index in [0.29, 0.717) is 0 Å². The van der Waals surface area contributed by atoms with Crippen molar-refractivity contribution in [3.63, 3.8) is 0 Å². The Morgan fingerprint density at radius 3 is 2.05 bits per heavy atom. The van der Waals surface area contributed by atoms with Crippen molar-refractivity contribution in [3.8, 4) is 0 Å². The largest absolute Gasteiger partial charge is 0.399 e. The molecule has 0 spiro atoms. The van der Waals surface area contributed by atoms with Gasteiger partial charge in [-0.2, -0.15) is 0 Å². The van der Waals surface area contributed by atoms with Crippen molar-refractivity contribution < 1.29 is 17.2 Å². The third-order valence-corrected chi connectivity index (χ3v) is 4.54. The Morgan fingerprint density at radius 1 is 1.05 bits per heavy atom. The van der Waals surface area contributed by atoms with Crippen LogP contribution in [-0.2, 0) is 10.0 Å². The number of hydrogen-bond acceptors (Lipinski definition) is 3. The molecule has 0 aliphatic heterocycles. The molecule has 2 aromatic carbocycles. The molecule has 0 fully saturated rings. The van der Waals surface area contributed by atoms with Gasteiger partial charge in [-0.25, -0.2) is 17.2 Å². The molecule has 2 aromatic rings. The van der Waals surface area contributed by atoms with Gasteiger partial charge in [-0.3, -0.25) is 4.72 Å². The topological polar surface area (TPSA) is 72.2 Å². The highest BCUT2D eigenvalue weighted by atomic mass is 127. The molecule has 0 amide bonds. The predicted octanol–water partition coefficient (Wildman–Crippen LogP) is 2.95. The second-order valence-corrected chi connectivity index (χ2v) is 6.79. The van der Waals surface area contributed by atoms with Gasteiger partial charge in [0.15, 0.2) is 4.90 Å². The van der Waals surface area contributed by atoms with Crippen LogP contribution in [0.5, 0.6) is 0 Å². The number of hydrogen-bond donors (Lipinski definition) is 2. The monoisotopic (exact) mass is 410 g/mol. The summed E-state index contributed by atoms with van der Waals surface area (Å²) in [6, 6.07) is 7.82. The van der Waals surface area contributed by atoms with Crippen molar-refractivity contribution in [2.24, 2.45) is 0 Å². The minimum absolute atomic E-state index is 0.187. The lowest BCUT2D eigenvalue weighted by atomic mass is 10.3. The fourth-order valence-corrected chi connectivity index (χ4v) is 3.10. The summed E-state index contributed by atoms with van der Waals surface area (Å²) in [5.41, 5.74) is 5.27. The van der Waals surface area contributed by atoms with Crippen LogP contribution in [0.15, 0.2) is 41.3 Å². The first kappa shape index (κ1) is 15.0. The summed E-state index contributed by atoms with van der Waals surface area (Å²) >= 11 is 2.05. The molecule has 20 heavy (non-hydrogen) atoms. The third-order valence-electron chi connectivity index (χ3n) is 2.39. The summed E-state index contributed by atoms with van der Waals surface area (Å²) in [6.45, 7) is 0. The maximum Gasteiger partial charge on any atom is 0.267 e. The minimum atomic E-state index is -4.36. The van der Waals surface area contributed by atoms with Gasteiger partial charge in [-0.1, -0.05) is 0 Å². The fourth-order valence-electron chi connectivity index (χ4n) is 1.56. The third kappa shape index (κ3) is 3.18. The second kappa shape index (κ2) is 5.52. The average molecular weight is 410 g/mol. The Balaban J connectivity index is 2.43. The molecule has 0 aliphatic rings. The number of nitrogens with two attached hydrogens (primary N) is 1. The minimum Gasteiger partial charge on any atom is -0.399 e. The van der Waals surface area contributed by atoms with Crippen LogP contribution in [-0.4, -0.2) is 8.42 Å². The summed E-state index contributed by atoms with van der Waals surface area (Å²) in [5.74, 6) is -2.47. The molecule has 0 atom stereocenters. The highest BCUT2D eigenvalue weighted by Crippen LogP contribution is 2.24. The zero-order chi connectivity index (χ0) is 14.9. The van der Waals surface area contributed by atoms with Crippen molar-refractivity contribution in [3.05, 3.63) is 51.6 Å². The molecule has 0 aromatic heterocycles. The van der Waals surface area contributed by atoms with Crippen LogP contribution in [0.2, 0.25) is 0 Å². The predicted molar refractivity (Wildman–Crippen MR) is 80.7 cm³/mol. The van der Waals surface area contributed by atoms with Crippen molar-refractivity contribution in [1.82, 2.24) is 0 Å². The Morgan fingerprint density at radius 2 is 1.55 bits per heavy atom. The number of nitrogen functional groups attached to an aromatic ring is 1. The number of halogens is 3. The molecule has 8 heteroatoms. The van der Waals surface area contributed by atoms with Crippen LogP contribution in [0, 0.1) is 15.2 Å². The first-order valence-corrected chi connectivity index (χ1v) is 7.89. The van der Waals surface area contributed by atoms with Crippen molar-refractivity contribution in [1.29, 1.82) is 0 Å². The zero-order valence-corrected chi connectivity index (χ0v) is 12.9. The number of anilines is 2. The van der Waals surface area contributed by atoms with E-state index in [1.807, 2.05) is 22.6 Å². The van der Waals surface area contributed by atoms with Crippen LogP contribution in [0.4, 0.5) is 20.2 Å². The maximum atomic E-state index is 13.6. The molecule has 0 saturated carbocycles. The smallest absolute Gasteiger partial charge is 0.267 e. The Labute approximate surface area is 128 Å². The summed E-state index contributed by atoms with van der Waals surface area (Å²) in [5, 5.41) is 0. The molecule has 106 valence electrons. The molecule has 0 saturated heterocycles.